The molecule has 5 heteroatoms. The highest BCUT2D eigenvalue weighted by Crippen LogP contribution is 2.33. The van der Waals surface area contributed by atoms with Crippen LogP contribution in [0.15, 0.2) is 48.7 Å². The fourth-order valence-electron chi connectivity index (χ4n) is 3.73. The highest BCUT2D eigenvalue weighted by molar-refractivity contribution is 5.93. The molecule has 5 nitrogen and oxygen atoms in total. The van der Waals surface area contributed by atoms with E-state index in [0.717, 1.165) is 42.7 Å². The van der Waals surface area contributed by atoms with Crippen molar-refractivity contribution in [1.29, 1.82) is 0 Å². The van der Waals surface area contributed by atoms with Crippen molar-refractivity contribution in [2.24, 2.45) is 0 Å². The number of fused-ring (bicyclic) bond motifs is 1. The number of anilines is 1. The second-order valence-corrected chi connectivity index (χ2v) is 7.12. The van der Waals surface area contributed by atoms with Crippen LogP contribution >= 0.6 is 0 Å². The van der Waals surface area contributed by atoms with Gasteiger partial charge in [-0.1, -0.05) is 18.2 Å². The van der Waals surface area contributed by atoms with Crippen molar-refractivity contribution in [3.8, 4) is 0 Å². The molecule has 1 saturated heterocycles. The standard InChI is InChI=1S/C21H24N4O/c1-24(2)16-10-11-22-19(14-16)21(26)25-12-6-5-9-20(25)18-13-15-7-3-4-8-17(15)23-18/h3-4,7-8,10-11,13-14,20,23H,5-6,9,12H2,1-2H3. The van der Waals surface area contributed by atoms with E-state index >= 15 is 0 Å². The quantitative estimate of drug-likeness (QED) is 0.778. The highest BCUT2D eigenvalue weighted by Gasteiger charge is 2.30. The van der Waals surface area contributed by atoms with Gasteiger partial charge in [0.2, 0.25) is 0 Å². The van der Waals surface area contributed by atoms with Crippen molar-refractivity contribution in [3.63, 3.8) is 0 Å². The van der Waals surface area contributed by atoms with Crippen LogP contribution in [0.4, 0.5) is 5.69 Å². The predicted octanol–water partition coefficient (Wildman–Crippen LogP) is 4.00. The Kier molecular flexibility index (Phi) is 4.37. The second kappa shape index (κ2) is 6.83. The fourth-order valence-corrected chi connectivity index (χ4v) is 3.73. The maximum Gasteiger partial charge on any atom is 0.273 e. The number of pyridine rings is 1. The lowest BCUT2D eigenvalue weighted by Gasteiger charge is -2.35. The van der Waals surface area contributed by atoms with Crippen LogP contribution in [0.2, 0.25) is 0 Å². The molecule has 134 valence electrons. The summed E-state index contributed by atoms with van der Waals surface area (Å²) in [7, 11) is 3.94. The molecule has 1 amide bonds. The number of aromatic nitrogens is 2. The van der Waals surface area contributed by atoms with E-state index < -0.39 is 0 Å². The van der Waals surface area contributed by atoms with Gasteiger partial charge in [-0.15, -0.1) is 0 Å². The number of rotatable bonds is 3. The summed E-state index contributed by atoms with van der Waals surface area (Å²) in [6, 6.07) is 14.3. The van der Waals surface area contributed by atoms with E-state index in [2.05, 4.69) is 28.2 Å². The molecule has 1 aliphatic heterocycles. The number of aromatic amines is 1. The Morgan fingerprint density at radius 2 is 2.04 bits per heavy atom. The maximum atomic E-state index is 13.2. The molecule has 3 aromatic rings. The number of amides is 1. The largest absolute Gasteiger partial charge is 0.378 e. The third-order valence-corrected chi connectivity index (χ3v) is 5.15. The lowest BCUT2D eigenvalue weighted by Crippen LogP contribution is -2.39. The average molecular weight is 348 g/mol. The molecule has 0 aliphatic carbocycles. The predicted molar refractivity (Wildman–Crippen MR) is 104 cm³/mol. The zero-order valence-electron chi connectivity index (χ0n) is 15.3. The first kappa shape index (κ1) is 16.6. The fraction of sp³-hybridized carbons (Fsp3) is 0.333. The number of hydrogen-bond acceptors (Lipinski definition) is 3. The molecule has 2 aromatic heterocycles. The van der Waals surface area contributed by atoms with E-state index in [0.29, 0.717) is 5.69 Å². The minimum Gasteiger partial charge on any atom is -0.378 e. The van der Waals surface area contributed by atoms with Crippen molar-refractivity contribution in [2.45, 2.75) is 25.3 Å². The normalized spacial score (nSPS) is 17.5. The third kappa shape index (κ3) is 3.05. The van der Waals surface area contributed by atoms with Crippen molar-refractivity contribution >= 4 is 22.5 Å². The molecule has 1 fully saturated rings. The Morgan fingerprint density at radius 3 is 2.85 bits per heavy atom. The summed E-state index contributed by atoms with van der Waals surface area (Å²) in [6.07, 6.45) is 4.86. The van der Waals surface area contributed by atoms with Gasteiger partial charge in [-0.3, -0.25) is 9.78 Å². The first-order valence-corrected chi connectivity index (χ1v) is 9.15. The van der Waals surface area contributed by atoms with E-state index in [1.165, 1.54) is 5.39 Å². The summed E-state index contributed by atoms with van der Waals surface area (Å²) in [5.74, 6) is 0.0112. The van der Waals surface area contributed by atoms with Gasteiger partial charge in [-0.2, -0.15) is 0 Å². The van der Waals surface area contributed by atoms with E-state index in [1.807, 2.05) is 48.2 Å². The minimum atomic E-state index is 0.0112. The molecule has 3 heterocycles. The van der Waals surface area contributed by atoms with Crippen LogP contribution in [-0.2, 0) is 0 Å². The van der Waals surface area contributed by atoms with Gasteiger partial charge in [0.15, 0.2) is 0 Å². The molecule has 0 bridgehead atoms. The van der Waals surface area contributed by atoms with Crippen LogP contribution in [0.3, 0.4) is 0 Å². The summed E-state index contributed by atoms with van der Waals surface area (Å²) < 4.78 is 0. The SMILES string of the molecule is CN(C)c1ccnc(C(=O)N2CCCCC2c2cc3ccccc3[nH]2)c1. The molecule has 1 unspecified atom stereocenters. The van der Waals surface area contributed by atoms with Crippen LogP contribution in [0.25, 0.3) is 10.9 Å². The van der Waals surface area contributed by atoms with Crippen LogP contribution in [-0.4, -0.2) is 41.4 Å². The molecule has 26 heavy (non-hydrogen) atoms. The van der Waals surface area contributed by atoms with E-state index in [-0.39, 0.29) is 11.9 Å². The molecule has 1 aromatic carbocycles. The third-order valence-electron chi connectivity index (χ3n) is 5.15. The van der Waals surface area contributed by atoms with Crippen LogP contribution in [0.5, 0.6) is 0 Å². The number of para-hydroxylation sites is 1. The van der Waals surface area contributed by atoms with E-state index in [1.54, 1.807) is 6.20 Å². The van der Waals surface area contributed by atoms with Crippen molar-refractivity contribution in [1.82, 2.24) is 14.9 Å². The molecular formula is C21H24N4O. The first-order chi connectivity index (χ1) is 12.6. The van der Waals surface area contributed by atoms with Gasteiger partial charge in [-0.25, -0.2) is 0 Å². The van der Waals surface area contributed by atoms with Gasteiger partial charge in [0.1, 0.15) is 5.69 Å². The number of H-pyrrole nitrogens is 1. The Hall–Kier alpha value is -2.82. The Bertz CT molecular complexity index is 897. The smallest absolute Gasteiger partial charge is 0.273 e. The molecule has 0 radical (unpaired) electrons. The molecule has 1 N–H and O–H groups in total. The maximum absolute atomic E-state index is 13.2. The zero-order valence-corrected chi connectivity index (χ0v) is 15.3. The van der Waals surface area contributed by atoms with Crippen molar-refractivity contribution in [2.75, 3.05) is 25.5 Å². The van der Waals surface area contributed by atoms with Crippen LogP contribution in [0, 0.1) is 0 Å². The van der Waals surface area contributed by atoms with Crippen LogP contribution in [0.1, 0.15) is 41.5 Å². The first-order valence-electron chi connectivity index (χ1n) is 9.15. The summed E-state index contributed by atoms with van der Waals surface area (Å²) in [5.41, 5.74) is 3.73. The number of hydrogen-bond donors (Lipinski definition) is 1. The van der Waals surface area contributed by atoms with Gasteiger partial charge in [-0.05, 0) is 48.9 Å². The summed E-state index contributed by atoms with van der Waals surface area (Å²) in [4.78, 5) is 25.0. The molecule has 4 rings (SSSR count). The molecule has 0 saturated carbocycles. The molecule has 0 spiro atoms. The number of nitrogens with one attached hydrogen (secondary N) is 1. The minimum absolute atomic E-state index is 0.0112. The van der Waals surface area contributed by atoms with Gasteiger partial charge in [0.25, 0.3) is 5.91 Å². The average Bonchev–Trinajstić information content (AvgIpc) is 3.11. The Morgan fingerprint density at radius 1 is 1.19 bits per heavy atom. The highest BCUT2D eigenvalue weighted by atomic mass is 16.2. The summed E-state index contributed by atoms with van der Waals surface area (Å²) in [5, 5.41) is 1.19. The summed E-state index contributed by atoms with van der Waals surface area (Å²) in [6.45, 7) is 0.771. The summed E-state index contributed by atoms with van der Waals surface area (Å²) >= 11 is 0. The molecular weight excluding hydrogens is 324 g/mol. The molecule has 1 atom stereocenters. The topological polar surface area (TPSA) is 52.2 Å². The van der Waals surface area contributed by atoms with Crippen molar-refractivity contribution < 1.29 is 4.79 Å². The van der Waals surface area contributed by atoms with Gasteiger partial charge in [0, 0.05) is 43.7 Å². The number of carbonyl (C=O) groups is 1. The lowest BCUT2D eigenvalue weighted by atomic mass is 9.98. The lowest BCUT2D eigenvalue weighted by molar-refractivity contribution is 0.0601. The number of nitrogens with zero attached hydrogens (tertiary/aromatic N) is 3. The van der Waals surface area contributed by atoms with Crippen LogP contribution < -0.4 is 4.90 Å². The van der Waals surface area contributed by atoms with Gasteiger partial charge in [0.05, 0.1) is 6.04 Å². The second-order valence-electron chi connectivity index (χ2n) is 7.12. The van der Waals surface area contributed by atoms with E-state index in [4.69, 9.17) is 0 Å². The number of piperidine rings is 1. The Labute approximate surface area is 153 Å². The monoisotopic (exact) mass is 348 g/mol. The Balaban J connectivity index is 1.66. The van der Waals surface area contributed by atoms with Gasteiger partial charge < -0.3 is 14.8 Å². The zero-order chi connectivity index (χ0) is 18.1. The number of carbonyl (C=O) groups excluding carboxylic acids is 1. The number of likely N-dealkylation sites (tertiary alicyclic amines) is 1. The molecule has 1 aliphatic rings. The van der Waals surface area contributed by atoms with Gasteiger partial charge >= 0.3 is 0 Å². The van der Waals surface area contributed by atoms with E-state index in [9.17, 15) is 4.79 Å². The number of benzene rings is 1. The van der Waals surface area contributed by atoms with Crippen molar-refractivity contribution in [3.05, 3.63) is 60.0 Å².